The Morgan fingerprint density at radius 1 is 1.31 bits per heavy atom. The van der Waals surface area contributed by atoms with E-state index in [1.54, 1.807) is 6.26 Å². The maximum absolute atomic E-state index is 11.9. The number of nitrogens with one attached hydrogen (secondary N) is 1. The largest absolute Gasteiger partial charge is 0.467 e. The maximum atomic E-state index is 11.9. The molecule has 1 aliphatic heterocycles. The molecule has 0 amide bonds. The fraction of sp³-hybridized carbons (Fsp3) is 0.421. The molecule has 7 heteroatoms. The van der Waals surface area contributed by atoms with Gasteiger partial charge in [-0.25, -0.2) is 8.42 Å². The number of thiocarbonyl (C=S) groups is 1. The Morgan fingerprint density at radius 2 is 2.04 bits per heavy atom. The van der Waals surface area contributed by atoms with Gasteiger partial charge in [0, 0.05) is 11.7 Å². The highest BCUT2D eigenvalue weighted by atomic mass is 32.2. The molecule has 5 nitrogen and oxygen atoms in total. The van der Waals surface area contributed by atoms with Crippen LogP contribution >= 0.6 is 12.2 Å². The fourth-order valence-electron chi connectivity index (χ4n) is 3.10. The second-order valence-electron chi connectivity index (χ2n) is 6.97. The molecule has 1 aromatic carbocycles. The van der Waals surface area contributed by atoms with E-state index < -0.39 is 9.84 Å². The van der Waals surface area contributed by atoms with Gasteiger partial charge in [-0.15, -0.1) is 0 Å². The predicted octanol–water partition coefficient (Wildman–Crippen LogP) is 3.79. The van der Waals surface area contributed by atoms with Crippen molar-refractivity contribution in [1.29, 1.82) is 0 Å². The summed E-state index contributed by atoms with van der Waals surface area (Å²) in [5.41, 5.74) is 2.15. The highest BCUT2D eigenvalue weighted by molar-refractivity contribution is 7.91. The monoisotopic (exact) mass is 392 g/mol. The van der Waals surface area contributed by atoms with Gasteiger partial charge in [-0.1, -0.05) is 26.0 Å². The third-order valence-electron chi connectivity index (χ3n) is 4.64. The second kappa shape index (κ2) is 7.80. The molecule has 3 rings (SSSR count). The van der Waals surface area contributed by atoms with Crippen molar-refractivity contribution in [3.8, 4) is 0 Å². The zero-order valence-corrected chi connectivity index (χ0v) is 16.6. The van der Waals surface area contributed by atoms with Crippen LogP contribution in [0.2, 0.25) is 0 Å². The quantitative estimate of drug-likeness (QED) is 0.781. The summed E-state index contributed by atoms with van der Waals surface area (Å²) >= 11 is 5.60. The van der Waals surface area contributed by atoms with Gasteiger partial charge in [0.25, 0.3) is 0 Å². The normalized spacial score (nSPS) is 18.8. The molecule has 0 spiro atoms. The first-order valence-corrected chi connectivity index (χ1v) is 11.0. The number of hydrogen-bond donors (Lipinski definition) is 1. The minimum atomic E-state index is -3.00. The fourth-order valence-corrected chi connectivity index (χ4v) is 5.17. The second-order valence-corrected chi connectivity index (χ2v) is 9.59. The molecule has 26 heavy (non-hydrogen) atoms. The van der Waals surface area contributed by atoms with Crippen molar-refractivity contribution in [3.63, 3.8) is 0 Å². The Labute approximate surface area is 160 Å². The van der Waals surface area contributed by atoms with Crippen molar-refractivity contribution >= 4 is 32.9 Å². The van der Waals surface area contributed by atoms with E-state index in [1.165, 1.54) is 5.56 Å². The van der Waals surface area contributed by atoms with Gasteiger partial charge < -0.3 is 14.6 Å². The summed E-state index contributed by atoms with van der Waals surface area (Å²) in [4.78, 5) is 1.93. The maximum Gasteiger partial charge on any atom is 0.174 e. The molecule has 1 saturated heterocycles. The number of nitrogens with zero attached hydrogens (tertiary/aromatic N) is 1. The zero-order chi connectivity index (χ0) is 18.7. The molecule has 0 aliphatic carbocycles. The third-order valence-corrected chi connectivity index (χ3v) is 6.73. The van der Waals surface area contributed by atoms with Crippen LogP contribution in [0.4, 0.5) is 5.69 Å². The molecular formula is C19H24N2O3S2. The van der Waals surface area contributed by atoms with Gasteiger partial charge in [0.05, 0.1) is 24.3 Å². The van der Waals surface area contributed by atoms with Crippen LogP contribution in [0, 0.1) is 0 Å². The van der Waals surface area contributed by atoms with Crippen LogP contribution in [0.25, 0.3) is 0 Å². The van der Waals surface area contributed by atoms with E-state index in [4.69, 9.17) is 16.6 Å². The van der Waals surface area contributed by atoms with Crippen molar-refractivity contribution < 1.29 is 12.8 Å². The smallest absolute Gasteiger partial charge is 0.174 e. The van der Waals surface area contributed by atoms with Crippen LogP contribution in [0.15, 0.2) is 47.1 Å². The number of sulfone groups is 1. The van der Waals surface area contributed by atoms with Crippen molar-refractivity contribution in [2.75, 3.05) is 16.8 Å². The first kappa shape index (κ1) is 18.9. The molecule has 1 aliphatic rings. The SMILES string of the molecule is CC(C)c1ccc(NC(=S)N(Cc2ccco2)[C@@H]2CCS(=O)(=O)C2)cc1. The Balaban J connectivity index is 1.75. The van der Waals surface area contributed by atoms with Gasteiger partial charge in [0.1, 0.15) is 5.76 Å². The summed E-state index contributed by atoms with van der Waals surface area (Å²) in [5, 5.41) is 3.76. The van der Waals surface area contributed by atoms with E-state index in [0.717, 1.165) is 11.4 Å². The van der Waals surface area contributed by atoms with Gasteiger partial charge in [-0.3, -0.25) is 0 Å². The third kappa shape index (κ3) is 4.65. The molecule has 140 valence electrons. The first-order valence-electron chi connectivity index (χ1n) is 8.74. The Bertz CT molecular complexity index is 843. The Hall–Kier alpha value is -1.86. The minimum Gasteiger partial charge on any atom is -0.467 e. The molecule has 1 aromatic heterocycles. The molecular weight excluding hydrogens is 368 g/mol. The number of anilines is 1. The van der Waals surface area contributed by atoms with Crippen LogP contribution in [0.3, 0.4) is 0 Å². The molecule has 2 heterocycles. The predicted molar refractivity (Wildman–Crippen MR) is 108 cm³/mol. The van der Waals surface area contributed by atoms with Crippen LogP contribution in [-0.2, 0) is 16.4 Å². The van der Waals surface area contributed by atoms with Crippen molar-refractivity contribution in [3.05, 3.63) is 54.0 Å². The van der Waals surface area contributed by atoms with E-state index >= 15 is 0 Å². The highest BCUT2D eigenvalue weighted by Crippen LogP contribution is 2.23. The lowest BCUT2D eigenvalue weighted by atomic mass is 10.0. The minimum absolute atomic E-state index is 0.127. The summed E-state index contributed by atoms with van der Waals surface area (Å²) in [7, 11) is -3.00. The summed E-state index contributed by atoms with van der Waals surface area (Å²) in [6.07, 6.45) is 2.19. The van der Waals surface area contributed by atoms with Gasteiger partial charge in [0.15, 0.2) is 14.9 Å². The van der Waals surface area contributed by atoms with E-state index in [1.807, 2.05) is 29.2 Å². The molecule has 1 N–H and O–H groups in total. The van der Waals surface area contributed by atoms with E-state index in [9.17, 15) is 8.42 Å². The Kier molecular flexibility index (Phi) is 5.67. The first-order chi connectivity index (χ1) is 12.3. The molecule has 2 aromatic rings. The summed E-state index contributed by atoms with van der Waals surface area (Å²) in [5.74, 6) is 1.56. The van der Waals surface area contributed by atoms with Crippen LogP contribution in [-0.4, -0.2) is 36.0 Å². The molecule has 0 bridgehead atoms. The molecule has 1 fully saturated rings. The Morgan fingerprint density at radius 3 is 2.58 bits per heavy atom. The molecule has 0 radical (unpaired) electrons. The summed E-state index contributed by atoms with van der Waals surface area (Å²) in [6, 6.07) is 11.7. The van der Waals surface area contributed by atoms with Gasteiger partial charge in [0.2, 0.25) is 0 Å². The number of rotatable bonds is 5. The molecule has 1 atom stereocenters. The van der Waals surface area contributed by atoms with Crippen molar-refractivity contribution in [2.24, 2.45) is 0 Å². The van der Waals surface area contributed by atoms with Crippen LogP contribution in [0.5, 0.6) is 0 Å². The zero-order valence-electron chi connectivity index (χ0n) is 15.0. The standard InChI is InChI=1S/C19H24N2O3S2/c1-14(2)15-5-7-16(8-6-15)20-19(25)21(12-18-4-3-10-24-18)17-9-11-26(22,23)13-17/h3-8,10,14,17H,9,11-13H2,1-2H3,(H,20,25)/t17-/m1/s1. The van der Waals surface area contributed by atoms with E-state index in [-0.39, 0.29) is 17.5 Å². The summed E-state index contributed by atoms with van der Waals surface area (Å²) < 4.78 is 29.3. The topological polar surface area (TPSA) is 62.6 Å². The van der Waals surface area contributed by atoms with Crippen LogP contribution in [0.1, 0.15) is 37.5 Å². The lowest BCUT2D eigenvalue weighted by Gasteiger charge is -2.30. The molecule has 0 unspecified atom stereocenters. The van der Waals surface area contributed by atoms with E-state index in [2.05, 4.69) is 31.3 Å². The number of benzene rings is 1. The lowest BCUT2D eigenvalue weighted by molar-refractivity contribution is 0.302. The average molecular weight is 393 g/mol. The van der Waals surface area contributed by atoms with Gasteiger partial charge >= 0.3 is 0 Å². The average Bonchev–Trinajstić information content (AvgIpc) is 3.22. The lowest BCUT2D eigenvalue weighted by Crippen LogP contribution is -2.42. The van der Waals surface area contributed by atoms with Gasteiger partial charge in [-0.05, 0) is 54.4 Å². The number of furan rings is 1. The molecule has 0 saturated carbocycles. The summed E-state index contributed by atoms with van der Waals surface area (Å²) in [6.45, 7) is 4.75. The number of hydrogen-bond acceptors (Lipinski definition) is 4. The van der Waals surface area contributed by atoms with Gasteiger partial charge in [-0.2, -0.15) is 0 Å². The van der Waals surface area contributed by atoms with Crippen molar-refractivity contribution in [1.82, 2.24) is 4.90 Å². The van der Waals surface area contributed by atoms with E-state index in [0.29, 0.717) is 24.0 Å². The van der Waals surface area contributed by atoms with Crippen molar-refractivity contribution in [2.45, 2.75) is 38.8 Å². The highest BCUT2D eigenvalue weighted by Gasteiger charge is 2.34. The van der Waals surface area contributed by atoms with Crippen LogP contribution < -0.4 is 5.32 Å².